The average Bonchev–Trinajstić information content (AvgIpc) is 3.27. The Kier molecular flexibility index (Phi) is 4.32. The molecule has 2 heterocycles. The third-order valence-corrected chi connectivity index (χ3v) is 5.33. The fourth-order valence-corrected chi connectivity index (χ4v) is 3.46. The number of hydrogen-bond acceptors (Lipinski definition) is 4. The van der Waals surface area contributed by atoms with Gasteiger partial charge in [-0.25, -0.2) is 9.18 Å². The third kappa shape index (κ3) is 3.14. The summed E-state index contributed by atoms with van der Waals surface area (Å²) in [6.45, 7) is 5.76. The Hall–Kier alpha value is -1.98. The van der Waals surface area contributed by atoms with Crippen LogP contribution >= 0.6 is 0 Å². The van der Waals surface area contributed by atoms with Crippen molar-refractivity contribution in [2.75, 3.05) is 0 Å². The first kappa shape index (κ1) is 16.9. The number of rotatable bonds is 6. The summed E-state index contributed by atoms with van der Waals surface area (Å²) in [7, 11) is 0. The topological polar surface area (TPSA) is 76.0 Å². The van der Waals surface area contributed by atoms with Crippen LogP contribution in [-0.4, -0.2) is 9.97 Å². The molecule has 0 amide bonds. The van der Waals surface area contributed by atoms with Gasteiger partial charge >= 0.3 is 5.63 Å². The van der Waals surface area contributed by atoms with Crippen LogP contribution in [0.4, 0.5) is 4.39 Å². The number of nitrogens with zero attached hydrogens (tertiary/aromatic N) is 1. The van der Waals surface area contributed by atoms with Crippen LogP contribution in [0.15, 0.2) is 20.1 Å². The lowest BCUT2D eigenvalue weighted by Gasteiger charge is -2.19. The lowest BCUT2D eigenvalue weighted by Crippen LogP contribution is -2.17. The quantitative estimate of drug-likeness (QED) is 0.874. The molecule has 0 radical (unpaired) electrons. The monoisotopic (exact) mass is 334 g/mol. The van der Waals surface area contributed by atoms with E-state index in [1.807, 2.05) is 0 Å². The first-order valence-electron chi connectivity index (χ1n) is 8.53. The number of alkyl halides is 1. The van der Waals surface area contributed by atoms with E-state index in [-0.39, 0.29) is 16.9 Å². The highest BCUT2D eigenvalue weighted by Crippen LogP contribution is 2.55. The van der Waals surface area contributed by atoms with E-state index in [1.165, 1.54) is 25.8 Å². The van der Waals surface area contributed by atoms with Gasteiger partial charge in [-0.2, -0.15) is 4.98 Å². The summed E-state index contributed by atoms with van der Waals surface area (Å²) in [5, 5.41) is 0.258. The van der Waals surface area contributed by atoms with Crippen molar-refractivity contribution >= 4 is 11.1 Å². The van der Waals surface area contributed by atoms with Gasteiger partial charge in [-0.15, -0.1) is 0 Å². The Morgan fingerprint density at radius 3 is 2.62 bits per heavy atom. The Labute approximate surface area is 139 Å². The molecule has 24 heavy (non-hydrogen) atoms. The lowest BCUT2D eigenvalue weighted by atomic mass is 9.86. The summed E-state index contributed by atoms with van der Waals surface area (Å²) < 4.78 is 18.4. The molecular formula is C18H23FN2O3. The van der Waals surface area contributed by atoms with E-state index in [9.17, 15) is 14.0 Å². The molecular weight excluding hydrogens is 311 g/mol. The highest BCUT2D eigenvalue weighted by molar-refractivity contribution is 5.75. The Balaban J connectivity index is 1.90. The highest BCUT2D eigenvalue weighted by atomic mass is 19.1. The molecule has 0 aromatic carbocycles. The van der Waals surface area contributed by atoms with E-state index in [0.29, 0.717) is 23.3 Å². The summed E-state index contributed by atoms with van der Waals surface area (Å²) in [6.07, 6.45) is 3.67. The summed E-state index contributed by atoms with van der Waals surface area (Å²) in [5.74, 6) is 0.526. The van der Waals surface area contributed by atoms with Crippen LogP contribution in [0.3, 0.4) is 0 Å². The number of nitrogens with one attached hydrogen (secondary N) is 1. The second-order valence-electron chi connectivity index (χ2n) is 7.21. The van der Waals surface area contributed by atoms with Crippen LogP contribution in [0.5, 0.6) is 0 Å². The molecule has 1 unspecified atom stereocenters. The molecule has 1 N–H and O–H groups in total. The minimum absolute atomic E-state index is 0.0780. The van der Waals surface area contributed by atoms with Crippen LogP contribution in [0.2, 0.25) is 0 Å². The molecule has 6 heteroatoms. The van der Waals surface area contributed by atoms with Crippen molar-refractivity contribution in [3.05, 3.63) is 38.2 Å². The number of aromatic amines is 1. The summed E-state index contributed by atoms with van der Waals surface area (Å²) >= 11 is 0. The van der Waals surface area contributed by atoms with Crippen molar-refractivity contribution in [2.45, 2.75) is 59.0 Å². The van der Waals surface area contributed by atoms with Gasteiger partial charge in [-0.3, -0.25) is 4.79 Å². The average molecular weight is 334 g/mol. The highest BCUT2D eigenvalue weighted by Gasteiger charge is 2.44. The van der Waals surface area contributed by atoms with Crippen molar-refractivity contribution in [1.29, 1.82) is 0 Å². The van der Waals surface area contributed by atoms with Crippen LogP contribution in [0.25, 0.3) is 11.1 Å². The van der Waals surface area contributed by atoms with Crippen LogP contribution in [-0.2, 0) is 6.42 Å². The van der Waals surface area contributed by atoms with Crippen molar-refractivity contribution < 1.29 is 8.81 Å². The molecule has 0 saturated heterocycles. The van der Waals surface area contributed by atoms with E-state index >= 15 is 0 Å². The summed E-state index contributed by atoms with van der Waals surface area (Å²) in [6, 6.07) is 1.35. The number of halogens is 1. The van der Waals surface area contributed by atoms with Crippen molar-refractivity contribution in [2.24, 2.45) is 11.3 Å². The maximum atomic E-state index is 13.4. The molecule has 1 aliphatic carbocycles. The number of aromatic nitrogens is 2. The van der Waals surface area contributed by atoms with Gasteiger partial charge < -0.3 is 9.40 Å². The van der Waals surface area contributed by atoms with Gasteiger partial charge in [0.1, 0.15) is 11.2 Å². The Morgan fingerprint density at radius 2 is 2.04 bits per heavy atom. The molecule has 3 rings (SSSR count). The molecule has 1 atom stereocenters. The van der Waals surface area contributed by atoms with Gasteiger partial charge in [0, 0.05) is 6.07 Å². The number of hydrogen-bond donors (Lipinski definition) is 1. The van der Waals surface area contributed by atoms with Crippen molar-refractivity contribution in [3.8, 4) is 0 Å². The zero-order chi connectivity index (χ0) is 17.5. The SMILES string of the molecule is CC(F)c1nc2oc(=O)cc(CCCC3(C(C)C)CC3)c2c(=O)[nH]1. The smallest absolute Gasteiger partial charge is 0.337 e. The zero-order valence-electron chi connectivity index (χ0n) is 14.3. The maximum absolute atomic E-state index is 13.4. The first-order valence-corrected chi connectivity index (χ1v) is 8.53. The normalized spacial score (nSPS) is 17.4. The van der Waals surface area contributed by atoms with E-state index in [4.69, 9.17) is 4.42 Å². The van der Waals surface area contributed by atoms with E-state index in [1.54, 1.807) is 0 Å². The molecule has 5 nitrogen and oxygen atoms in total. The lowest BCUT2D eigenvalue weighted by molar-refractivity contribution is 0.325. The summed E-state index contributed by atoms with van der Waals surface area (Å²) in [4.78, 5) is 30.5. The van der Waals surface area contributed by atoms with Gasteiger partial charge in [0.2, 0.25) is 5.71 Å². The molecule has 0 spiro atoms. The number of H-pyrrole nitrogens is 1. The fraction of sp³-hybridized carbons (Fsp3) is 0.611. The molecule has 2 aromatic heterocycles. The van der Waals surface area contributed by atoms with Gasteiger partial charge in [0.25, 0.3) is 5.56 Å². The molecule has 1 aliphatic rings. The standard InChI is InChI=1S/C18H23FN2O3/c1-10(2)18(7-8-18)6-4-5-12-9-13(22)24-17-14(12)16(23)20-15(21-17)11(3)19/h9-11H,4-8H2,1-3H3,(H,20,21,23). The van der Waals surface area contributed by atoms with Gasteiger partial charge in [0.05, 0.1) is 0 Å². The first-order chi connectivity index (χ1) is 11.3. The van der Waals surface area contributed by atoms with Crippen LogP contribution in [0, 0.1) is 11.3 Å². The molecule has 1 fully saturated rings. The number of fused-ring (bicyclic) bond motifs is 1. The van der Waals surface area contributed by atoms with E-state index < -0.39 is 17.4 Å². The predicted molar refractivity (Wildman–Crippen MR) is 89.9 cm³/mol. The largest absolute Gasteiger partial charge is 0.403 e. The summed E-state index contributed by atoms with van der Waals surface area (Å²) in [5.41, 5.74) is -0.0313. The van der Waals surface area contributed by atoms with Crippen molar-refractivity contribution in [1.82, 2.24) is 9.97 Å². The maximum Gasteiger partial charge on any atom is 0.337 e. The molecule has 0 aliphatic heterocycles. The predicted octanol–water partition coefficient (Wildman–Crippen LogP) is 3.67. The van der Waals surface area contributed by atoms with Gasteiger partial charge in [0.15, 0.2) is 6.17 Å². The molecule has 0 bridgehead atoms. The second-order valence-corrected chi connectivity index (χ2v) is 7.21. The minimum atomic E-state index is -1.43. The second kappa shape index (κ2) is 6.15. The fourth-order valence-electron chi connectivity index (χ4n) is 3.46. The number of aryl methyl sites for hydroxylation is 1. The molecule has 130 valence electrons. The Bertz CT molecular complexity index is 863. The van der Waals surface area contributed by atoms with Crippen LogP contribution in [0.1, 0.15) is 64.0 Å². The zero-order valence-corrected chi connectivity index (χ0v) is 14.3. The Morgan fingerprint density at radius 1 is 1.33 bits per heavy atom. The van der Waals surface area contributed by atoms with Crippen LogP contribution < -0.4 is 11.2 Å². The van der Waals surface area contributed by atoms with E-state index in [0.717, 1.165) is 12.8 Å². The third-order valence-electron chi connectivity index (χ3n) is 5.33. The van der Waals surface area contributed by atoms with E-state index in [2.05, 4.69) is 23.8 Å². The molecule has 2 aromatic rings. The van der Waals surface area contributed by atoms with Gasteiger partial charge in [-0.05, 0) is 55.9 Å². The van der Waals surface area contributed by atoms with Gasteiger partial charge in [-0.1, -0.05) is 13.8 Å². The minimum Gasteiger partial charge on any atom is -0.403 e. The molecule has 1 saturated carbocycles. The van der Waals surface area contributed by atoms with Crippen molar-refractivity contribution in [3.63, 3.8) is 0 Å².